The Kier molecular flexibility index (Phi) is 2.78. The molecule has 3 rings (SSSR count). The number of nitrogens with zero attached hydrogens (tertiary/aromatic N) is 2. The number of benzene rings is 1. The van der Waals surface area contributed by atoms with Gasteiger partial charge in [0.05, 0.1) is 16.8 Å². The largest absolute Gasteiger partial charge is 0.384 e. The lowest BCUT2D eigenvalue weighted by atomic mass is 10.1. The minimum atomic E-state index is -0.827. The lowest BCUT2D eigenvalue weighted by Crippen LogP contribution is -2.25. The number of imide groups is 1. The first-order chi connectivity index (χ1) is 10.5. The Balaban J connectivity index is 2.41. The zero-order valence-electron chi connectivity index (χ0n) is 10.9. The molecule has 0 bridgehead atoms. The number of nitrogens with two attached hydrogens (primary N) is 1. The zero-order valence-corrected chi connectivity index (χ0v) is 10.9. The second-order valence-corrected chi connectivity index (χ2v) is 4.52. The summed E-state index contributed by atoms with van der Waals surface area (Å²) in [6.07, 6.45) is 0. The van der Waals surface area contributed by atoms with Gasteiger partial charge in [-0.15, -0.1) is 0 Å². The van der Waals surface area contributed by atoms with Crippen molar-refractivity contribution in [3.63, 3.8) is 0 Å². The van der Waals surface area contributed by atoms with Crippen LogP contribution < -0.4 is 16.6 Å². The van der Waals surface area contributed by atoms with Gasteiger partial charge in [-0.05, 0) is 12.1 Å². The molecule has 0 saturated heterocycles. The first kappa shape index (κ1) is 13.5. The minimum absolute atomic E-state index is 0.0973. The lowest BCUT2D eigenvalue weighted by Gasteiger charge is -2.13. The summed E-state index contributed by atoms with van der Waals surface area (Å²) in [7, 11) is 0. The third-order valence-corrected chi connectivity index (χ3v) is 3.30. The fourth-order valence-corrected chi connectivity index (χ4v) is 2.34. The predicted octanol–water partition coefficient (Wildman–Crippen LogP) is 0.314. The van der Waals surface area contributed by atoms with Gasteiger partial charge in [-0.3, -0.25) is 24.3 Å². The molecule has 0 fully saturated rings. The molecule has 2 aromatic rings. The Morgan fingerprint density at radius 2 is 1.95 bits per heavy atom. The van der Waals surface area contributed by atoms with Gasteiger partial charge in [0.25, 0.3) is 17.4 Å². The SMILES string of the molecule is N#Cc1c(F)cccc1-n1c(N)c2c(cc1=O)C(=O)NC2=O. The number of fused-ring (bicyclic) bond motifs is 1. The molecule has 2 heterocycles. The third kappa shape index (κ3) is 1.69. The van der Waals surface area contributed by atoms with E-state index in [1.54, 1.807) is 6.07 Å². The highest BCUT2D eigenvalue weighted by Crippen LogP contribution is 2.25. The second-order valence-electron chi connectivity index (χ2n) is 4.52. The first-order valence-corrected chi connectivity index (χ1v) is 6.06. The van der Waals surface area contributed by atoms with Crippen LogP contribution in [0.15, 0.2) is 29.1 Å². The Morgan fingerprint density at radius 3 is 2.64 bits per heavy atom. The summed E-state index contributed by atoms with van der Waals surface area (Å²) in [6, 6.07) is 6.26. The van der Waals surface area contributed by atoms with Crippen molar-refractivity contribution in [3.05, 3.63) is 57.1 Å². The quantitative estimate of drug-likeness (QED) is 0.735. The number of nitrogen functional groups attached to an aromatic ring is 1. The van der Waals surface area contributed by atoms with E-state index >= 15 is 0 Å². The average molecular weight is 298 g/mol. The van der Waals surface area contributed by atoms with Crippen LogP contribution in [0.4, 0.5) is 10.2 Å². The molecule has 0 unspecified atom stereocenters. The van der Waals surface area contributed by atoms with Gasteiger partial charge in [0, 0.05) is 6.07 Å². The van der Waals surface area contributed by atoms with E-state index in [1.807, 2.05) is 5.32 Å². The van der Waals surface area contributed by atoms with Gasteiger partial charge in [-0.1, -0.05) is 6.07 Å². The van der Waals surface area contributed by atoms with Gasteiger partial charge in [0.1, 0.15) is 23.3 Å². The average Bonchev–Trinajstić information content (AvgIpc) is 2.74. The monoisotopic (exact) mass is 298 g/mol. The molecule has 7 nitrogen and oxygen atoms in total. The van der Waals surface area contributed by atoms with Gasteiger partial charge in [0.2, 0.25) is 0 Å². The molecule has 1 aromatic heterocycles. The number of carbonyl (C=O) groups is 2. The van der Waals surface area contributed by atoms with E-state index in [0.29, 0.717) is 0 Å². The van der Waals surface area contributed by atoms with Crippen LogP contribution in [-0.2, 0) is 0 Å². The van der Waals surface area contributed by atoms with Crippen molar-refractivity contribution in [1.29, 1.82) is 5.26 Å². The molecular weight excluding hydrogens is 291 g/mol. The summed E-state index contributed by atoms with van der Waals surface area (Å²) >= 11 is 0. The smallest absolute Gasteiger partial charge is 0.262 e. The van der Waals surface area contributed by atoms with Crippen LogP contribution in [0, 0.1) is 17.1 Å². The van der Waals surface area contributed by atoms with Crippen LogP contribution in [-0.4, -0.2) is 16.4 Å². The summed E-state index contributed by atoms with van der Waals surface area (Å²) in [4.78, 5) is 35.5. The molecule has 0 atom stereocenters. The van der Waals surface area contributed by atoms with E-state index in [0.717, 1.165) is 16.7 Å². The Hall–Kier alpha value is -3.47. The summed E-state index contributed by atoms with van der Waals surface area (Å²) in [6.45, 7) is 0. The molecule has 0 saturated carbocycles. The molecule has 0 radical (unpaired) electrons. The number of hydrogen-bond donors (Lipinski definition) is 2. The molecule has 3 N–H and O–H groups in total. The topological polar surface area (TPSA) is 118 Å². The Morgan fingerprint density at radius 1 is 1.23 bits per heavy atom. The molecule has 0 spiro atoms. The number of nitriles is 1. The number of hydrogen-bond acceptors (Lipinski definition) is 5. The van der Waals surface area contributed by atoms with Crippen LogP contribution in [0.2, 0.25) is 0 Å². The highest BCUT2D eigenvalue weighted by Gasteiger charge is 2.32. The van der Waals surface area contributed by atoms with Crippen molar-refractivity contribution < 1.29 is 14.0 Å². The number of halogens is 1. The van der Waals surface area contributed by atoms with Gasteiger partial charge in [-0.2, -0.15) is 5.26 Å². The lowest BCUT2D eigenvalue weighted by molar-refractivity contribution is 0.0880. The molecule has 0 aliphatic carbocycles. The Labute approximate surface area is 122 Å². The number of nitrogens with one attached hydrogen (secondary N) is 1. The van der Waals surface area contributed by atoms with E-state index < -0.39 is 23.2 Å². The molecule has 1 aromatic carbocycles. The summed E-state index contributed by atoms with van der Waals surface area (Å²) in [5.41, 5.74) is 4.27. The number of aromatic nitrogens is 1. The van der Waals surface area contributed by atoms with Gasteiger partial charge in [0.15, 0.2) is 0 Å². The van der Waals surface area contributed by atoms with Gasteiger partial charge >= 0.3 is 0 Å². The van der Waals surface area contributed by atoms with Crippen molar-refractivity contribution in [2.75, 3.05) is 5.73 Å². The van der Waals surface area contributed by atoms with E-state index in [1.165, 1.54) is 12.1 Å². The summed E-state index contributed by atoms with van der Waals surface area (Å²) in [5, 5.41) is 11.1. The first-order valence-electron chi connectivity index (χ1n) is 6.06. The molecule has 1 aliphatic rings. The number of pyridine rings is 1. The third-order valence-electron chi connectivity index (χ3n) is 3.30. The normalized spacial score (nSPS) is 12.7. The fraction of sp³-hybridized carbons (Fsp3) is 0. The fourth-order valence-electron chi connectivity index (χ4n) is 2.34. The maximum atomic E-state index is 13.7. The van der Waals surface area contributed by atoms with Crippen LogP contribution in [0.25, 0.3) is 5.69 Å². The van der Waals surface area contributed by atoms with E-state index in [-0.39, 0.29) is 28.2 Å². The van der Waals surface area contributed by atoms with E-state index in [9.17, 15) is 18.8 Å². The van der Waals surface area contributed by atoms with Gasteiger partial charge in [-0.25, -0.2) is 4.39 Å². The van der Waals surface area contributed by atoms with Gasteiger partial charge < -0.3 is 5.73 Å². The zero-order chi connectivity index (χ0) is 16.0. The molecular formula is C14H7FN4O3. The van der Waals surface area contributed by atoms with Crippen molar-refractivity contribution in [3.8, 4) is 11.8 Å². The maximum Gasteiger partial charge on any atom is 0.262 e. The van der Waals surface area contributed by atoms with Crippen molar-refractivity contribution in [1.82, 2.24) is 9.88 Å². The van der Waals surface area contributed by atoms with E-state index in [4.69, 9.17) is 11.0 Å². The van der Waals surface area contributed by atoms with Crippen LogP contribution >= 0.6 is 0 Å². The van der Waals surface area contributed by atoms with Crippen LogP contribution in [0.3, 0.4) is 0 Å². The van der Waals surface area contributed by atoms with Crippen molar-refractivity contribution >= 4 is 17.6 Å². The molecule has 8 heteroatoms. The Bertz CT molecular complexity index is 956. The maximum absolute atomic E-state index is 13.7. The summed E-state index contributed by atoms with van der Waals surface area (Å²) < 4.78 is 14.5. The molecule has 2 amide bonds. The van der Waals surface area contributed by atoms with Crippen LogP contribution in [0.1, 0.15) is 26.3 Å². The minimum Gasteiger partial charge on any atom is -0.384 e. The standard InChI is InChI=1S/C14H7FN4O3/c15-8-2-1-3-9(7(8)5-16)19-10(20)4-6-11(12(19)17)14(22)18-13(6)21/h1-4H,17H2,(H,18,21,22). The number of anilines is 1. The van der Waals surface area contributed by atoms with Crippen molar-refractivity contribution in [2.24, 2.45) is 0 Å². The molecule has 108 valence electrons. The number of carbonyl (C=O) groups excluding carboxylic acids is 2. The van der Waals surface area contributed by atoms with E-state index in [2.05, 4.69) is 0 Å². The second kappa shape index (κ2) is 4.53. The summed E-state index contributed by atoms with van der Waals surface area (Å²) in [5.74, 6) is -2.63. The molecule has 1 aliphatic heterocycles. The highest BCUT2D eigenvalue weighted by molar-refractivity contribution is 6.23. The number of rotatable bonds is 1. The highest BCUT2D eigenvalue weighted by atomic mass is 19.1. The predicted molar refractivity (Wildman–Crippen MR) is 72.9 cm³/mol. The van der Waals surface area contributed by atoms with Crippen LogP contribution in [0.5, 0.6) is 0 Å². The molecule has 22 heavy (non-hydrogen) atoms. The van der Waals surface area contributed by atoms with Crippen molar-refractivity contribution in [2.45, 2.75) is 0 Å². The number of amides is 2.